The SMILES string of the molecule is CC(=O)c1ccc(Cl)c2c1CCC([C@H]1CC[C@@H](C)N1)C2. The summed E-state index contributed by atoms with van der Waals surface area (Å²) in [6, 6.07) is 5.04. The highest BCUT2D eigenvalue weighted by molar-refractivity contribution is 6.31. The van der Waals surface area contributed by atoms with Crippen LogP contribution in [0.25, 0.3) is 0 Å². The fourth-order valence-corrected chi connectivity index (χ4v) is 4.13. The number of halogens is 1. The van der Waals surface area contributed by atoms with E-state index in [1.807, 2.05) is 12.1 Å². The van der Waals surface area contributed by atoms with Gasteiger partial charge >= 0.3 is 0 Å². The molecule has 108 valence electrons. The average Bonchev–Trinajstić information content (AvgIpc) is 2.85. The van der Waals surface area contributed by atoms with Crippen LogP contribution in [0.1, 0.15) is 54.6 Å². The molecule has 2 nitrogen and oxygen atoms in total. The maximum atomic E-state index is 11.8. The smallest absolute Gasteiger partial charge is 0.160 e. The fraction of sp³-hybridized carbons (Fsp3) is 0.588. The minimum absolute atomic E-state index is 0.156. The monoisotopic (exact) mass is 291 g/mol. The molecule has 1 aliphatic carbocycles. The van der Waals surface area contributed by atoms with E-state index in [9.17, 15) is 4.79 Å². The van der Waals surface area contributed by atoms with Crippen LogP contribution in [0.4, 0.5) is 0 Å². The lowest BCUT2D eigenvalue weighted by Crippen LogP contribution is -2.37. The standard InChI is InChI=1S/C17H22ClNO/c1-10-3-8-17(19-10)12-4-5-14-13(11(2)20)6-7-16(18)15(14)9-12/h6-7,10,12,17,19H,3-5,8-9H2,1-2H3/t10-,12?,17-/m1/s1. The molecule has 0 radical (unpaired) electrons. The molecule has 3 atom stereocenters. The highest BCUT2D eigenvalue weighted by atomic mass is 35.5. The summed E-state index contributed by atoms with van der Waals surface area (Å²) in [7, 11) is 0. The number of Topliss-reactive ketones (excluding diaryl/α,β-unsaturated/α-hetero) is 1. The number of carbonyl (C=O) groups is 1. The summed E-state index contributed by atoms with van der Waals surface area (Å²) in [4.78, 5) is 11.8. The predicted octanol–water partition coefficient (Wildman–Crippen LogP) is 3.79. The molecule has 0 aromatic heterocycles. The molecule has 20 heavy (non-hydrogen) atoms. The molecule has 1 aliphatic heterocycles. The third kappa shape index (κ3) is 2.51. The lowest BCUT2D eigenvalue weighted by atomic mass is 9.77. The quantitative estimate of drug-likeness (QED) is 0.840. The number of nitrogens with one attached hydrogen (secondary N) is 1. The number of hydrogen-bond acceptors (Lipinski definition) is 2. The van der Waals surface area contributed by atoms with Crippen LogP contribution in [-0.2, 0) is 12.8 Å². The van der Waals surface area contributed by atoms with Crippen molar-refractivity contribution in [2.45, 2.75) is 58.0 Å². The second-order valence-electron chi connectivity index (χ2n) is 6.36. The first-order valence-corrected chi connectivity index (χ1v) is 8.01. The molecule has 0 saturated carbocycles. The van der Waals surface area contributed by atoms with Gasteiger partial charge in [0.05, 0.1) is 0 Å². The summed E-state index contributed by atoms with van der Waals surface area (Å²) in [5.41, 5.74) is 3.29. The number of rotatable bonds is 2. The van der Waals surface area contributed by atoms with Gasteiger partial charge in [-0.3, -0.25) is 4.79 Å². The van der Waals surface area contributed by atoms with E-state index in [0.29, 0.717) is 18.0 Å². The van der Waals surface area contributed by atoms with E-state index in [1.54, 1.807) is 6.92 Å². The van der Waals surface area contributed by atoms with Crippen LogP contribution in [-0.4, -0.2) is 17.9 Å². The van der Waals surface area contributed by atoms with E-state index in [-0.39, 0.29) is 5.78 Å². The second-order valence-corrected chi connectivity index (χ2v) is 6.77. The Balaban J connectivity index is 1.87. The van der Waals surface area contributed by atoms with Crippen LogP contribution in [0.5, 0.6) is 0 Å². The van der Waals surface area contributed by atoms with Crippen molar-refractivity contribution in [1.29, 1.82) is 0 Å². The molecule has 1 fully saturated rings. The Bertz CT molecular complexity index is 540. The van der Waals surface area contributed by atoms with Gasteiger partial charge in [0.25, 0.3) is 0 Å². The first-order chi connectivity index (χ1) is 9.56. The average molecular weight is 292 g/mol. The van der Waals surface area contributed by atoms with Gasteiger partial charge in [-0.05, 0) is 75.1 Å². The molecule has 2 aliphatic rings. The minimum Gasteiger partial charge on any atom is -0.311 e. The molecule has 3 heteroatoms. The van der Waals surface area contributed by atoms with Gasteiger partial charge in [-0.1, -0.05) is 11.6 Å². The van der Waals surface area contributed by atoms with Crippen molar-refractivity contribution in [1.82, 2.24) is 5.32 Å². The van der Waals surface area contributed by atoms with Crippen LogP contribution in [0.15, 0.2) is 12.1 Å². The zero-order valence-electron chi connectivity index (χ0n) is 12.2. The van der Waals surface area contributed by atoms with Gasteiger partial charge in [0, 0.05) is 22.7 Å². The molecule has 0 bridgehead atoms. The lowest BCUT2D eigenvalue weighted by molar-refractivity contribution is 0.101. The first-order valence-electron chi connectivity index (χ1n) is 7.63. The van der Waals surface area contributed by atoms with Crippen molar-refractivity contribution in [2.75, 3.05) is 0 Å². The summed E-state index contributed by atoms with van der Waals surface area (Å²) in [6.07, 6.45) is 5.71. The maximum Gasteiger partial charge on any atom is 0.160 e. The third-order valence-electron chi connectivity index (χ3n) is 4.96. The Morgan fingerprint density at radius 3 is 2.70 bits per heavy atom. The molecule has 1 saturated heterocycles. The molecule has 3 rings (SSSR count). The van der Waals surface area contributed by atoms with Crippen LogP contribution in [0, 0.1) is 5.92 Å². The van der Waals surface area contributed by atoms with Crippen LogP contribution in [0.2, 0.25) is 5.02 Å². The van der Waals surface area contributed by atoms with Crippen molar-refractivity contribution < 1.29 is 4.79 Å². The molecular weight excluding hydrogens is 270 g/mol. The molecule has 1 N–H and O–H groups in total. The van der Waals surface area contributed by atoms with Crippen molar-refractivity contribution >= 4 is 17.4 Å². The first kappa shape index (κ1) is 14.1. The zero-order valence-corrected chi connectivity index (χ0v) is 13.0. The molecule has 1 heterocycles. The summed E-state index contributed by atoms with van der Waals surface area (Å²) in [6.45, 7) is 3.91. The van der Waals surface area contributed by atoms with Gasteiger partial charge in [0.15, 0.2) is 5.78 Å². The highest BCUT2D eigenvalue weighted by Crippen LogP contribution is 2.36. The summed E-state index contributed by atoms with van der Waals surface area (Å²) < 4.78 is 0. The van der Waals surface area contributed by atoms with Gasteiger partial charge in [-0.15, -0.1) is 0 Å². The molecule has 1 aromatic carbocycles. The van der Waals surface area contributed by atoms with Gasteiger partial charge in [0.1, 0.15) is 0 Å². The maximum absolute atomic E-state index is 11.8. The Labute approximate surface area is 125 Å². The Morgan fingerprint density at radius 2 is 2.05 bits per heavy atom. The van der Waals surface area contributed by atoms with Gasteiger partial charge in [0.2, 0.25) is 0 Å². The Hall–Kier alpha value is -0.860. The van der Waals surface area contributed by atoms with Gasteiger partial charge in [-0.2, -0.15) is 0 Å². The molecule has 1 aromatic rings. The highest BCUT2D eigenvalue weighted by Gasteiger charge is 2.32. The van der Waals surface area contributed by atoms with Crippen LogP contribution >= 0.6 is 11.6 Å². The van der Waals surface area contributed by atoms with E-state index in [2.05, 4.69) is 12.2 Å². The lowest BCUT2D eigenvalue weighted by Gasteiger charge is -2.31. The van der Waals surface area contributed by atoms with E-state index in [1.165, 1.54) is 24.0 Å². The van der Waals surface area contributed by atoms with Crippen molar-refractivity contribution in [3.63, 3.8) is 0 Å². The number of ketones is 1. The number of fused-ring (bicyclic) bond motifs is 1. The summed E-state index contributed by atoms with van der Waals surface area (Å²) >= 11 is 6.39. The largest absolute Gasteiger partial charge is 0.311 e. The van der Waals surface area contributed by atoms with Crippen molar-refractivity contribution in [3.8, 4) is 0 Å². The normalized spacial score (nSPS) is 29.2. The van der Waals surface area contributed by atoms with Crippen molar-refractivity contribution in [2.24, 2.45) is 5.92 Å². The number of benzene rings is 1. The van der Waals surface area contributed by atoms with E-state index in [4.69, 9.17) is 11.6 Å². The van der Waals surface area contributed by atoms with Crippen LogP contribution < -0.4 is 5.32 Å². The minimum atomic E-state index is 0.156. The Morgan fingerprint density at radius 1 is 1.25 bits per heavy atom. The van der Waals surface area contributed by atoms with E-state index in [0.717, 1.165) is 29.8 Å². The molecule has 1 unspecified atom stereocenters. The number of hydrogen-bond donors (Lipinski definition) is 1. The van der Waals surface area contributed by atoms with Gasteiger partial charge < -0.3 is 5.32 Å². The molecule has 0 amide bonds. The summed E-state index contributed by atoms with van der Waals surface area (Å²) in [5.74, 6) is 0.816. The summed E-state index contributed by atoms with van der Waals surface area (Å²) in [5, 5.41) is 4.54. The molecule has 0 spiro atoms. The van der Waals surface area contributed by atoms with Gasteiger partial charge in [-0.25, -0.2) is 0 Å². The zero-order chi connectivity index (χ0) is 14.3. The second kappa shape index (κ2) is 5.50. The molecular formula is C17H22ClNO. The fourth-order valence-electron chi connectivity index (χ4n) is 3.87. The third-order valence-corrected chi connectivity index (χ3v) is 5.32. The van der Waals surface area contributed by atoms with E-state index < -0.39 is 0 Å². The topological polar surface area (TPSA) is 29.1 Å². The van der Waals surface area contributed by atoms with Crippen LogP contribution in [0.3, 0.4) is 0 Å². The van der Waals surface area contributed by atoms with Crippen molar-refractivity contribution in [3.05, 3.63) is 33.8 Å². The Kier molecular flexibility index (Phi) is 3.87. The predicted molar refractivity (Wildman–Crippen MR) is 82.6 cm³/mol. The number of carbonyl (C=O) groups excluding carboxylic acids is 1. The van der Waals surface area contributed by atoms with E-state index >= 15 is 0 Å².